The van der Waals surface area contributed by atoms with Gasteiger partial charge in [0.25, 0.3) is 0 Å². The minimum atomic E-state index is 0.0398. The van der Waals surface area contributed by atoms with Crippen LogP contribution in [0.4, 0.5) is 0 Å². The van der Waals surface area contributed by atoms with E-state index in [0.717, 1.165) is 50.7 Å². The summed E-state index contributed by atoms with van der Waals surface area (Å²) in [6.07, 6.45) is 5.01. The van der Waals surface area contributed by atoms with Crippen LogP contribution in [0.1, 0.15) is 23.7 Å². The van der Waals surface area contributed by atoms with Crippen molar-refractivity contribution in [2.75, 3.05) is 46.9 Å². The number of hydrogen-bond acceptors (Lipinski definition) is 4. The summed E-state index contributed by atoms with van der Waals surface area (Å²) in [6.45, 7) is 5.26. The van der Waals surface area contributed by atoms with Crippen LogP contribution in [0.5, 0.6) is 0 Å². The minimum Gasteiger partial charge on any atom is -0.370 e. The quantitative estimate of drug-likeness (QED) is 0.449. The second-order valence-corrected chi connectivity index (χ2v) is 7.30. The van der Waals surface area contributed by atoms with Crippen molar-refractivity contribution in [2.24, 2.45) is 12.0 Å². The maximum Gasteiger partial charge on any atom is 0.193 e. The Morgan fingerprint density at radius 1 is 1.36 bits per heavy atom. The first-order valence-corrected chi connectivity index (χ1v) is 9.94. The molecule has 0 radical (unpaired) electrons. The van der Waals surface area contributed by atoms with Crippen LogP contribution in [0, 0.1) is 0 Å². The molecule has 0 aliphatic carbocycles. The van der Waals surface area contributed by atoms with Gasteiger partial charge in [-0.15, -0.1) is 0 Å². The van der Waals surface area contributed by atoms with Gasteiger partial charge in [-0.25, -0.2) is 0 Å². The first-order valence-electron chi connectivity index (χ1n) is 9.94. The second kappa shape index (κ2) is 10.2. The number of benzene rings is 1. The lowest BCUT2D eigenvalue weighted by atomic mass is 10.1. The van der Waals surface area contributed by atoms with Crippen LogP contribution in [0.3, 0.4) is 0 Å². The molecule has 152 valence electrons. The molecule has 1 atom stereocenters. The fraction of sp³-hybridized carbons (Fsp3) is 0.524. The summed E-state index contributed by atoms with van der Waals surface area (Å²) in [5.74, 6) is 0.947. The molecule has 1 saturated heterocycles. The molecule has 7 nitrogen and oxygen atoms in total. The molecule has 2 aromatic rings. The molecule has 3 rings (SSSR count). The Morgan fingerprint density at radius 2 is 2.18 bits per heavy atom. The lowest BCUT2D eigenvalue weighted by Crippen LogP contribution is -2.48. The van der Waals surface area contributed by atoms with Crippen LogP contribution in [-0.2, 0) is 18.3 Å². The zero-order valence-electron chi connectivity index (χ0n) is 17.2. The number of morpholine rings is 1. The van der Waals surface area contributed by atoms with Crippen molar-refractivity contribution in [3.63, 3.8) is 0 Å². The Kier molecular flexibility index (Phi) is 7.45. The van der Waals surface area contributed by atoms with Crippen molar-refractivity contribution < 1.29 is 4.74 Å². The summed E-state index contributed by atoms with van der Waals surface area (Å²) in [6, 6.07) is 10.6. The molecule has 0 saturated carbocycles. The largest absolute Gasteiger partial charge is 0.370 e. The van der Waals surface area contributed by atoms with E-state index in [-0.39, 0.29) is 6.10 Å². The lowest BCUT2D eigenvalue weighted by Gasteiger charge is -2.34. The van der Waals surface area contributed by atoms with Crippen LogP contribution in [0.15, 0.2) is 47.7 Å². The maximum absolute atomic E-state index is 5.93. The van der Waals surface area contributed by atoms with E-state index in [0.29, 0.717) is 6.61 Å². The zero-order valence-corrected chi connectivity index (χ0v) is 17.2. The SMILES string of the molecule is CN=C(NCCCN(C)Cc1ccccc1)N1CCOC(c2cnn(C)c2)C1. The molecule has 0 spiro atoms. The standard InChI is InChI=1S/C21H32N6O/c1-22-21(23-10-7-11-25(2)15-18-8-5-4-6-9-18)27-12-13-28-20(17-27)19-14-24-26(3)16-19/h4-6,8-9,14,16,20H,7,10-13,15,17H2,1-3H3,(H,22,23). The van der Waals surface area contributed by atoms with Crippen molar-refractivity contribution in [3.05, 3.63) is 53.9 Å². The topological polar surface area (TPSA) is 57.9 Å². The number of aryl methyl sites for hydroxylation is 1. The third-order valence-corrected chi connectivity index (χ3v) is 4.97. The maximum atomic E-state index is 5.93. The Bertz CT molecular complexity index is 744. The van der Waals surface area contributed by atoms with Crippen molar-refractivity contribution in [2.45, 2.75) is 19.1 Å². The van der Waals surface area contributed by atoms with Crippen LogP contribution in [-0.4, -0.2) is 72.4 Å². The molecular weight excluding hydrogens is 352 g/mol. The van der Waals surface area contributed by atoms with Crippen LogP contribution in [0.2, 0.25) is 0 Å². The average molecular weight is 385 g/mol. The summed E-state index contributed by atoms with van der Waals surface area (Å²) in [4.78, 5) is 9.10. The number of hydrogen-bond donors (Lipinski definition) is 1. The second-order valence-electron chi connectivity index (χ2n) is 7.30. The number of rotatable bonds is 7. The molecule has 7 heteroatoms. The molecule has 2 heterocycles. The van der Waals surface area contributed by atoms with Crippen molar-refractivity contribution in [1.82, 2.24) is 24.9 Å². The smallest absolute Gasteiger partial charge is 0.193 e. The summed E-state index contributed by atoms with van der Waals surface area (Å²) < 4.78 is 7.75. The average Bonchev–Trinajstić information content (AvgIpc) is 3.15. The van der Waals surface area contributed by atoms with Gasteiger partial charge in [-0.1, -0.05) is 30.3 Å². The van der Waals surface area contributed by atoms with Gasteiger partial charge >= 0.3 is 0 Å². The lowest BCUT2D eigenvalue weighted by molar-refractivity contribution is -0.00802. The first kappa shape index (κ1) is 20.4. The number of aliphatic imine (C=N–C) groups is 1. The van der Waals surface area contributed by atoms with Crippen molar-refractivity contribution in [3.8, 4) is 0 Å². The van der Waals surface area contributed by atoms with Gasteiger partial charge < -0.3 is 19.9 Å². The van der Waals surface area contributed by atoms with E-state index in [1.165, 1.54) is 5.56 Å². The van der Waals surface area contributed by atoms with Crippen LogP contribution < -0.4 is 5.32 Å². The molecule has 1 aliphatic heterocycles. The van der Waals surface area contributed by atoms with Gasteiger partial charge in [0, 0.05) is 45.5 Å². The fourth-order valence-electron chi connectivity index (χ4n) is 3.51. The van der Waals surface area contributed by atoms with E-state index in [2.05, 4.69) is 62.6 Å². The van der Waals surface area contributed by atoms with E-state index in [1.54, 1.807) is 0 Å². The van der Waals surface area contributed by atoms with Gasteiger partial charge in [-0.2, -0.15) is 5.10 Å². The Hall–Kier alpha value is -2.38. The highest BCUT2D eigenvalue weighted by molar-refractivity contribution is 5.80. The first-order chi connectivity index (χ1) is 13.7. The van der Waals surface area contributed by atoms with E-state index in [1.807, 2.05) is 31.2 Å². The Morgan fingerprint density at radius 3 is 2.89 bits per heavy atom. The summed E-state index contributed by atoms with van der Waals surface area (Å²) in [7, 11) is 5.94. The van der Waals surface area contributed by atoms with Gasteiger partial charge in [0.2, 0.25) is 0 Å². The Balaban J connectivity index is 1.41. The molecule has 1 aliphatic rings. The predicted molar refractivity (Wildman–Crippen MR) is 112 cm³/mol. The predicted octanol–water partition coefficient (Wildman–Crippen LogP) is 1.89. The molecule has 1 aromatic carbocycles. The minimum absolute atomic E-state index is 0.0398. The van der Waals surface area contributed by atoms with E-state index >= 15 is 0 Å². The number of nitrogens with zero attached hydrogens (tertiary/aromatic N) is 5. The molecule has 28 heavy (non-hydrogen) atoms. The Labute approximate surface area is 168 Å². The third-order valence-electron chi connectivity index (χ3n) is 4.97. The number of guanidine groups is 1. The molecular formula is C21H32N6O. The molecule has 1 fully saturated rings. The molecule has 1 aromatic heterocycles. The monoisotopic (exact) mass is 384 g/mol. The highest BCUT2D eigenvalue weighted by Crippen LogP contribution is 2.21. The number of ether oxygens (including phenoxy) is 1. The zero-order chi connectivity index (χ0) is 19.8. The summed E-state index contributed by atoms with van der Waals surface area (Å²) in [5.41, 5.74) is 2.47. The van der Waals surface area contributed by atoms with Crippen molar-refractivity contribution >= 4 is 5.96 Å². The normalized spacial score (nSPS) is 17.9. The molecule has 0 bridgehead atoms. The van der Waals surface area contributed by atoms with Gasteiger partial charge in [0.15, 0.2) is 5.96 Å². The number of nitrogens with one attached hydrogen (secondary N) is 1. The van der Waals surface area contributed by atoms with Crippen LogP contribution >= 0.6 is 0 Å². The summed E-state index contributed by atoms with van der Waals surface area (Å²) in [5, 5.41) is 7.77. The highest BCUT2D eigenvalue weighted by atomic mass is 16.5. The number of aromatic nitrogens is 2. The van der Waals surface area contributed by atoms with E-state index < -0.39 is 0 Å². The molecule has 1 N–H and O–H groups in total. The third kappa shape index (κ3) is 5.81. The summed E-state index contributed by atoms with van der Waals surface area (Å²) >= 11 is 0. The van der Waals surface area contributed by atoms with Gasteiger partial charge in [0.05, 0.1) is 19.3 Å². The van der Waals surface area contributed by atoms with Crippen LogP contribution in [0.25, 0.3) is 0 Å². The van der Waals surface area contributed by atoms with Gasteiger partial charge in [0.1, 0.15) is 6.10 Å². The molecule has 1 unspecified atom stereocenters. The fourth-order valence-corrected chi connectivity index (χ4v) is 3.51. The van der Waals surface area contributed by atoms with Crippen molar-refractivity contribution in [1.29, 1.82) is 0 Å². The highest BCUT2D eigenvalue weighted by Gasteiger charge is 2.24. The van der Waals surface area contributed by atoms with Gasteiger partial charge in [-0.05, 0) is 25.6 Å². The van der Waals surface area contributed by atoms with Gasteiger partial charge in [-0.3, -0.25) is 9.67 Å². The van der Waals surface area contributed by atoms with E-state index in [4.69, 9.17) is 4.74 Å². The van der Waals surface area contributed by atoms with E-state index in [9.17, 15) is 0 Å². The molecule has 0 amide bonds.